The molecule has 0 amide bonds. The summed E-state index contributed by atoms with van der Waals surface area (Å²) in [5, 5.41) is 8.69. The number of hydrogen-bond donors (Lipinski definition) is 0. The van der Waals surface area contributed by atoms with Gasteiger partial charge in [0.2, 0.25) is 0 Å². The summed E-state index contributed by atoms with van der Waals surface area (Å²) in [5.41, 5.74) is 1.04. The first-order valence-electron chi connectivity index (χ1n) is 6.85. The van der Waals surface area contributed by atoms with Crippen LogP contribution in [0.15, 0.2) is 18.2 Å². The second-order valence-electron chi connectivity index (χ2n) is 5.21. The molecule has 0 bridgehead atoms. The summed E-state index contributed by atoms with van der Waals surface area (Å²) < 4.78 is 30.2. The lowest BCUT2D eigenvalue weighted by atomic mass is 10.0. The maximum atomic E-state index is 12.5. The van der Waals surface area contributed by atoms with Crippen LogP contribution in [0.1, 0.15) is 43.2 Å². The molecule has 1 aliphatic rings. The lowest BCUT2D eigenvalue weighted by Gasteiger charge is -2.22. The first kappa shape index (κ1) is 14.9. The molecule has 0 aromatic heterocycles. The van der Waals surface area contributed by atoms with Crippen LogP contribution in [0.4, 0.5) is 0 Å². The van der Waals surface area contributed by atoms with Crippen molar-refractivity contribution in [1.29, 1.82) is 5.26 Å². The summed E-state index contributed by atoms with van der Waals surface area (Å²) >= 11 is 0. The number of hydrogen-bond acceptors (Lipinski definition) is 4. The van der Waals surface area contributed by atoms with E-state index in [2.05, 4.69) is 0 Å². The third kappa shape index (κ3) is 3.31. The first-order valence-corrected chi connectivity index (χ1v) is 8.57. The molecular formula is C15H19NO3S. The van der Waals surface area contributed by atoms with E-state index >= 15 is 0 Å². The van der Waals surface area contributed by atoms with Gasteiger partial charge < -0.3 is 4.74 Å². The maximum absolute atomic E-state index is 12.5. The highest BCUT2D eigenvalue weighted by Crippen LogP contribution is 2.29. The van der Waals surface area contributed by atoms with Gasteiger partial charge in [-0.15, -0.1) is 0 Å². The van der Waals surface area contributed by atoms with E-state index in [0.29, 0.717) is 16.9 Å². The summed E-state index contributed by atoms with van der Waals surface area (Å²) in [4.78, 5) is 0. The van der Waals surface area contributed by atoms with Crippen LogP contribution in [0.25, 0.3) is 0 Å². The fraction of sp³-hybridized carbons (Fsp3) is 0.533. The first-order chi connectivity index (χ1) is 9.56. The minimum Gasteiger partial charge on any atom is -0.496 e. The van der Waals surface area contributed by atoms with Gasteiger partial charge in [0, 0.05) is 5.56 Å². The second-order valence-corrected chi connectivity index (χ2v) is 7.49. The predicted octanol–water partition coefficient (Wildman–Crippen LogP) is 2.81. The molecule has 108 valence electrons. The van der Waals surface area contributed by atoms with Crippen molar-refractivity contribution in [2.75, 3.05) is 7.11 Å². The number of sulfone groups is 1. The van der Waals surface area contributed by atoms with E-state index in [-0.39, 0.29) is 11.0 Å². The second kappa shape index (κ2) is 6.27. The highest BCUT2D eigenvalue weighted by Gasteiger charge is 2.28. The van der Waals surface area contributed by atoms with Crippen LogP contribution in [0.3, 0.4) is 0 Å². The summed E-state index contributed by atoms with van der Waals surface area (Å²) in [6.07, 6.45) is 4.60. The molecular weight excluding hydrogens is 274 g/mol. The van der Waals surface area contributed by atoms with Crippen molar-refractivity contribution in [2.24, 2.45) is 0 Å². The normalized spacial score (nSPS) is 16.6. The van der Waals surface area contributed by atoms with Crippen LogP contribution in [-0.2, 0) is 15.6 Å². The molecule has 1 aromatic rings. The maximum Gasteiger partial charge on any atom is 0.157 e. The summed E-state index contributed by atoms with van der Waals surface area (Å²) in [5.74, 6) is 0.486. The minimum atomic E-state index is -3.18. The van der Waals surface area contributed by atoms with Gasteiger partial charge in [0.05, 0.1) is 29.7 Å². The lowest BCUT2D eigenvalue weighted by Crippen LogP contribution is -2.25. The zero-order chi connectivity index (χ0) is 14.6. The fourth-order valence-corrected chi connectivity index (χ4v) is 4.67. The van der Waals surface area contributed by atoms with Crippen molar-refractivity contribution in [3.8, 4) is 11.8 Å². The van der Waals surface area contributed by atoms with Crippen LogP contribution in [0, 0.1) is 11.3 Å². The highest BCUT2D eigenvalue weighted by atomic mass is 32.2. The average molecular weight is 293 g/mol. The third-order valence-electron chi connectivity index (χ3n) is 3.83. The number of nitrogens with zero attached hydrogens (tertiary/aromatic N) is 1. The van der Waals surface area contributed by atoms with Gasteiger partial charge in [0.15, 0.2) is 9.84 Å². The highest BCUT2D eigenvalue weighted by molar-refractivity contribution is 7.91. The molecule has 0 heterocycles. The largest absolute Gasteiger partial charge is 0.496 e. The quantitative estimate of drug-likeness (QED) is 0.856. The van der Waals surface area contributed by atoms with Crippen molar-refractivity contribution in [2.45, 2.75) is 43.1 Å². The van der Waals surface area contributed by atoms with Crippen LogP contribution < -0.4 is 4.74 Å². The van der Waals surface area contributed by atoms with Gasteiger partial charge in [-0.1, -0.05) is 19.3 Å². The zero-order valence-corrected chi connectivity index (χ0v) is 12.4. The summed E-state index contributed by atoms with van der Waals surface area (Å²) in [7, 11) is -1.67. The Hall–Kier alpha value is -1.54. The Morgan fingerprint density at radius 1 is 1.30 bits per heavy atom. The van der Waals surface area contributed by atoms with E-state index in [0.717, 1.165) is 32.1 Å². The standard InChI is InChI=1S/C15H19NO3S/c1-19-15-8-7-12(10-16)9-13(15)11-20(17,18)14-5-3-2-4-6-14/h7-9,14H,2-6,11H2,1H3. The molecule has 0 spiro atoms. The van der Waals surface area contributed by atoms with Gasteiger partial charge in [-0.25, -0.2) is 8.42 Å². The molecule has 0 N–H and O–H groups in total. The summed E-state index contributed by atoms with van der Waals surface area (Å²) in [6, 6.07) is 6.94. The molecule has 0 radical (unpaired) electrons. The Kier molecular flexibility index (Phi) is 4.66. The molecule has 5 heteroatoms. The lowest BCUT2D eigenvalue weighted by molar-refractivity contribution is 0.410. The van der Waals surface area contributed by atoms with Gasteiger partial charge in [0.1, 0.15) is 5.75 Å². The van der Waals surface area contributed by atoms with E-state index in [1.165, 1.54) is 7.11 Å². The van der Waals surface area contributed by atoms with Crippen molar-refractivity contribution >= 4 is 9.84 Å². The molecule has 1 aromatic carbocycles. The molecule has 0 atom stereocenters. The van der Waals surface area contributed by atoms with E-state index in [4.69, 9.17) is 10.00 Å². The van der Waals surface area contributed by atoms with Gasteiger partial charge in [-0.2, -0.15) is 5.26 Å². The van der Waals surface area contributed by atoms with Crippen molar-refractivity contribution in [3.63, 3.8) is 0 Å². The van der Waals surface area contributed by atoms with Gasteiger partial charge in [-0.05, 0) is 31.0 Å². The van der Waals surface area contributed by atoms with Gasteiger partial charge in [-0.3, -0.25) is 0 Å². The molecule has 1 fully saturated rings. The van der Waals surface area contributed by atoms with Gasteiger partial charge in [0.25, 0.3) is 0 Å². The molecule has 2 rings (SSSR count). The van der Waals surface area contributed by atoms with Crippen LogP contribution in [-0.4, -0.2) is 20.8 Å². The topological polar surface area (TPSA) is 67.2 Å². The third-order valence-corrected chi connectivity index (χ3v) is 6.03. The Balaban J connectivity index is 2.26. The Morgan fingerprint density at radius 3 is 2.60 bits per heavy atom. The van der Waals surface area contributed by atoms with Crippen molar-refractivity contribution in [1.82, 2.24) is 0 Å². The molecule has 4 nitrogen and oxygen atoms in total. The van der Waals surface area contributed by atoms with Crippen molar-refractivity contribution < 1.29 is 13.2 Å². The smallest absolute Gasteiger partial charge is 0.157 e. The number of benzene rings is 1. The average Bonchev–Trinajstić information content (AvgIpc) is 2.47. The number of ether oxygens (including phenoxy) is 1. The fourth-order valence-electron chi connectivity index (χ4n) is 2.72. The van der Waals surface area contributed by atoms with E-state index in [9.17, 15) is 8.42 Å². The van der Waals surface area contributed by atoms with Crippen LogP contribution in [0.5, 0.6) is 5.75 Å². The van der Waals surface area contributed by atoms with E-state index in [1.807, 2.05) is 6.07 Å². The predicted molar refractivity (Wildman–Crippen MR) is 77.2 cm³/mol. The molecule has 20 heavy (non-hydrogen) atoms. The Bertz CT molecular complexity index is 610. The monoisotopic (exact) mass is 293 g/mol. The molecule has 1 saturated carbocycles. The Morgan fingerprint density at radius 2 is 2.00 bits per heavy atom. The summed E-state index contributed by atoms with van der Waals surface area (Å²) in [6.45, 7) is 0. The zero-order valence-electron chi connectivity index (χ0n) is 11.6. The minimum absolute atomic E-state index is 0.0453. The molecule has 1 aliphatic carbocycles. The van der Waals surface area contributed by atoms with Crippen LogP contribution in [0.2, 0.25) is 0 Å². The number of methoxy groups -OCH3 is 1. The van der Waals surface area contributed by atoms with Crippen LogP contribution >= 0.6 is 0 Å². The number of rotatable bonds is 4. The molecule has 0 saturated heterocycles. The Labute approximate surface area is 120 Å². The number of nitriles is 1. The van der Waals surface area contributed by atoms with E-state index in [1.54, 1.807) is 18.2 Å². The van der Waals surface area contributed by atoms with Gasteiger partial charge >= 0.3 is 0 Å². The SMILES string of the molecule is COc1ccc(C#N)cc1CS(=O)(=O)C1CCCCC1. The van der Waals surface area contributed by atoms with Crippen molar-refractivity contribution in [3.05, 3.63) is 29.3 Å². The van der Waals surface area contributed by atoms with E-state index < -0.39 is 9.84 Å². The molecule has 0 aliphatic heterocycles. The molecule has 0 unspecified atom stereocenters.